The van der Waals surface area contributed by atoms with Crippen LogP contribution < -0.4 is 10.6 Å². The molecular weight excluding hydrogens is 268 g/mol. The Balaban J connectivity index is 4.24. The summed E-state index contributed by atoms with van der Waals surface area (Å²) in [5.41, 5.74) is 0. The first-order valence-electron chi connectivity index (χ1n) is 4.48. The molecule has 0 aromatic heterocycles. The van der Waals surface area contributed by atoms with Crippen LogP contribution in [-0.4, -0.2) is 34.5 Å². The summed E-state index contributed by atoms with van der Waals surface area (Å²) in [6.45, 7) is 2.65. The summed E-state index contributed by atoms with van der Waals surface area (Å²) in [7, 11) is 0. The van der Waals surface area contributed by atoms with Crippen molar-refractivity contribution in [3.8, 4) is 0 Å². The molecule has 2 N–H and O–H groups in total. The first-order chi connectivity index (χ1) is 7.73. The van der Waals surface area contributed by atoms with E-state index in [1.54, 1.807) is 0 Å². The van der Waals surface area contributed by atoms with Crippen molar-refractivity contribution in [2.24, 2.45) is 0 Å². The normalized spacial score (nSPS) is 13.2. The molecule has 7 nitrogen and oxygen atoms in total. The van der Waals surface area contributed by atoms with Gasteiger partial charge in [-0.3, -0.25) is 9.59 Å². The molecule has 0 aliphatic rings. The SMILES string of the molecule is C[C@H](NC(=O)S)C(=O)OC(=O)[C@H](C)NC(=O)S. The van der Waals surface area contributed by atoms with Crippen LogP contribution in [0.25, 0.3) is 0 Å². The van der Waals surface area contributed by atoms with Gasteiger partial charge in [0.1, 0.15) is 12.1 Å². The number of ether oxygens (including phenoxy) is 1. The predicted octanol–water partition coefficient (Wildman–Crippen LogP) is 0.112. The molecule has 0 aromatic carbocycles. The minimum atomic E-state index is -1.01. The molecule has 0 aromatic rings. The van der Waals surface area contributed by atoms with Gasteiger partial charge in [-0.1, -0.05) is 25.3 Å². The summed E-state index contributed by atoms with van der Waals surface area (Å²) in [6.07, 6.45) is 0. The maximum atomic E-state index is 11.3. The fourth-order valence-electron chi connectivity index (χ4n) is 0.764. The van der Waals surface area contributed by atoms with Gasteiger partial charge in [-0.05, 0) is 13.8 Å². The summed E-state index contributed by atoms with van der Waals surface area (Å²) in [4.78, 5) is 43.5. The number of amides is 2. The van der Waals surface area contributed by atoms with Crippen molar-refractivity contribution < 1.29 is 23.9 Å². The van der Waals surface area contributed by atoms with Crippen molar-refractivity contribution in [1.29, 1.82) is 0 Å². The molecule has 9 heteroatoms. The third kappa shape index (κ3) is 6.84. The van der Waals surface area contributed by atoms with Crippen LogP contribution in [0.2, 0.25) is 0 Å². The van der Waals surface area contributed by atoms with Crippen LogP contribution in [0.15, 0.2) is 0 Å². The number of carbonyl (C=O) groups is 4. The Morgan fingerprint density at radius 3 is 1.41 bits per heavy atom. The number of hydrogen-bond donors (Lipinski definition) is 4. The summed E-state index contributed by atoms with van der Waals surface area (Å²) >= 11 is 6.80. The largest absolute Gasteiger partial charge is 0.390 e. The van der Waals surface area contributed by atoms with Gasteiger partial charge in [-0.15, -0.1) is 0 Å². The predicted molar refractivity (Wildman–Crippen MR) is 65.1 cm³/mol. The highest BCUT2D eigenvalue weighted by molar-refractivity contribution is 7.96. The van der Waals surface area contributed by atoms with Gasteiger partial charge in [0, 0.05) is 0 Å². The second-order valence-electron chi connectivity index (χ2n) is 3.08. The molecule has 0 heterocycles. The molecule has 0 saturated carbocycles. The number of rotatable bonds is 4. The molecular formula is C8H12N2O5S2. The smallest absolute Gasteiger partial charge is 0.336 e. The van der Waals surface area contributed by atoms with Crippen LogP contribution >= 0.6 is 25.3 Å². The van der Waals surface area contributed by atoms with Crippen molar-refractivity contribution >= 4 is 47.7 Å². The van der Waals surface area contributed by atoms with Gasteiger partial charge < -0.3 is 15.4 Å². The van der Waals surface area contributed by atoms with Gasteiger partial charge in [0.2, 0.25) is 0 Å². The minimum absolute atomic E-state index is 0.724. The van der Waals surface area contributed by atoms with E-state index in [-0.39, 0.29) is 0 Å². The van der Waals surface area contributed by atoms with Crippen LogP contribution in [0.4, 0.5) is 9.59 Å². The average molecular weight is 280 g/mol. The average Bonchev–Trinajstić information content (AvgIpc) is 2.15. The standard InChI is InChI=1S/C8H12N2O5S2/c1-3(9-7(13)16)5(11)15-6(12)4(2)10-8(14)17/h3-4H,1-2H3,(H2,9,13,16)(H2,10,14,17)/t3-,4-/m0/s1. The zero-order chi connectivity index (χ0) is 13.6. The zero-order valence-electron chi connectivity index (χ0n) is 9.09. The lowest BCUT2D eigenvalue weighted by molar-refractivity contribution is -0.161. The highest BCUT2D eigenvalue weighted by Gasteiger charge is 2.23. The van der Waals surface area contributed by atoms with Crippen LogP contribution in [-0.2, 0) is 14.3 Å². The number of hydrogen-bond acceptors (Lipinski definition) is 5. The lowest BCUT2D eigenvalue weighted by atomic mass is 10.3. The van der Waals surface area contributed by atoms with E-state index in [9.17, 15) is 19.2 Å². The molecule has 0 saturated heterocycles. The Labute approximate surface area is 108 Å². The molecule has 0 aliphatic heterocycles. The van der Waals surface area contributed by atoms with E-state index < -0.39 is 34.5 Å². The van der Waals surface area contributed by atoms with Crippen LogP contribution in [0.3, 0.4) is 0 Å². The summed E-state index contributed by atoms with van der Waals surface area (Å²) in [5.74, 6) is -1.89. The van der Waals surface area contributed by atoms with E-state index in [1.165, 1.54) is 13.8 Å². The highest BCUT2D eigenvalue weighted by Crippen LogP contribution is 1.95. The Morgan fingerprint density at radius 2 is 1.18 bits per heavy atom. The first-order valence-corrected chi connectivity index (χ1v) is 5.38. The number of carbonyl (C=O) groups excluding carboxylic acids is 4. The minimum Gasteiger partial charge on any atom is -0.390 e. The third-order valence-electron chi connectivity index (χ3n) is 1.59. The molecule has 96 valence electrons. The molecule has 0 unspecified atom stereocenters. The lowest BCUT2D eigenvalue weighted by Crippen LogP contribution is -2.42. The van der Waals surface area contributed by atoms with Gasteiger partial charge >= 0.3 is 11.9 Å². The Bertz CT molecular complexity index is 315. The van der Waals surface area contributed by atoms with E-state index in [2.05, 4.69) is 40.6 Å². The van der Waals surface area contributed by atoms with Crippen LogP contribution in [0.1, 0.15) is 13.8 Å². The van der Waals surface area contributed by atoms with Crippen molar-refractivity contribution in [3.05, 3.63) is 0 Å². The Kier molecular flexibility index (Phi) is 6.66. The molecule has 17 heavy (non-hydrogen) atoms. The highest BCUT2D eigenvalue weighted by atomic mass is 32.1. The quantitative estimate of drug-likeness (QED) is 0.333. The maximum Gasteiger partial charge on any atom is 0.336 e. The van der Waals surface area contributed by atoms with E-state index in [4.69, 9.17) is 0 Å². The summed E-state index contributed by atoms with van der Waals surface area (Å²) < 4.78 is 4.40. The molecule has 0 fully saturated rings. The van der Waals surface area contributed by atoms with Gasteiger partial charge in [0.15, 0.2) is 0 Å². The second kappa shape index (κ2) is 7.17. The van der Waals surface area contributed by atoms with Crippen molar-refractivity contribution in [1.82, 2.24) is 10.6 Å². The van der Waals surface area contributed by atoms with Crippen molar-refractivity contribution in [2.45, 2.75) is 25.9 Å². The fraction of sp³-hybridized carbons (Fsp3) is 0.500. The van der Waals surface area contributed by atoms with Gasteiger partial charge in [0.05, 0.1) is 0 Å². The Hall–Kier alpha value is -1.22. The number of nitrogens with one attached hydrogen (secondary N) is 2. The van der Waals surface area contributed by atoms with Gasteiger partial charge in [-0.25, -0.2) is 9.59 Å². The summed E-state index contributed by atoms with van der Waals surface area (Å²) in [5, 5.41) is 2.80. The molecule has 2 atom stereocenters. The fourth-order valence-corrected chi connectivity index (χ4v) is 1.15. The molecule has 0 radical (unpaired) electrons. The molecule has 0 spiro atoms. The van der Waals surface area contributed by atoms with E-state index in [1.807, 2.05) is 0 Å². The molecule has 0 aliphatic carbocycles. The summed E-state index contributed by atoms with van der Waals surface area (Å²) in [6, 6.07) is -2.02. The first kappa shape index (κ1) is 15.8. The lowest BCUT2D eigenvalue weighted by Gasteiger charge is -2.13. The third-order valence-corrected chi connectivity index (χ3v) is 1.85. The Morgan fingerprint density at radius 1 is 0.882 bits per heavy atom. The topological polar surface area (TPSA) is 102 Å². The van der Waals surface area contributed by atoms with Gasteiger partial charge in [-0.2, -0.15) is 0 Å². The molecule has 2 amide bonds. The van der Waals surface area contributed by atoms with Crippen molar-refractivity contribution in [2.75, 3.05) is 0 Å². The molecule has 0 bridgehead atoms. The van der Waals surface area contributed by atoms with E-state index >= 15 is 0 Å². The van der Waals surface area contributed by atoms with E-state index in [0.717, 1.165) is 0 Å². The maximum absolute atomic E-state index is 11.3. The van der Waals surface area contributed by atoms with Gasteiger partial charge in [0.25, 0.3) is 10.5 Å². The number of esters is 2. The van der Waals surface area contributed by atoms with Crippen molar-refractivity contribution in [3.63, 3.8) is 0 Å². The van der Waals surface area contributed by atoms with Crippen LogP contribution in [0.5, 0.6) is 0 Å². The monoisotopic (exact) mass is 280 g/mol. The number of thiol groups is 2. The molecule has 0 rings (SSSR count). The zero-order valence-corrected chi connectivity index (χ0v) is 10.9. The second-order valence-corrected chi connectivity index (χ2v) is 3.89. The van der Waals surface area contributed by atoms with Crippen LogP contribution in [0, 0.1) is 0 Å². The van der Waals surface area contributed by atoms with E-state index in [0.29, 0.717) is 0 Å².